The number of rotatable bonds is 4. The van der Waals surface area contributed by atoms with Gasteiger partial charge in [-0.15, -0.1) is 0 Å². The second-order valence-corrected chi connectivity index (χ2v) is 3.27. The summed E-state index contributed by atoms with van der Waals surface area (Å²) in [5, 5.41) is 0. The summed E-state index contributed by atoms with van der Waals surface area (Å²) in [4.78, 5) is 23.2. The quantitative estimate of drug-likeness (QED) is 0.683. The lowest BCUT2D eigenvalue weighted by Crippen LogP contribution is -2.17. The molecule has 1 rings (SSSR count). The van der Waals surface area contributed by atoms with Crippen molar-refractivity contribution in [3.63, 3.8) is 0 Å². The molecule has 0 spiro atoms. The molecule has 0 saturated carbocycles. The molecule has 4 heteroatoms. The first-order valence-corrected chi connectivity index (χ1v) is 5.44. The lowest BCUT2D eigenvalue weighted by molar-refractivity contribution is -0.141. The van der Waals surface area contributed by atoms with Gasteiger partial charge < -0.3 is 9.47 Å². The third-order valence-electron chi connectivity index (χ3n) is 2.19. The van der Waals surface area contributed by atoms with E-state index in [1.165, 1.54) is 0 Å². The van der Waals surface area contributed by atoms with E-state index in [2.05, 4.69) is 0 Å². The SMILES string of the molecule is CCOC(=O)C1=C(C(=O)OCC)CCC=C1. The Bertz CT molecular complexity index is 339. The number of allylic oxidation sites excluding steroid dienone is 1. The summed E-state index contributed by atoms with van der Waals surface area (Å²) in [7, 11) is 0. The maximum atomic E-state index is 11.6. The van der Waals surface area contributed by atoms with Crippen LogP contribution in [-0.2, 0) is 19.1 Å². The molecule has 0 saturated heterocycles. The van der Waals surface area contributed by atoms with Gasteiger partial charge in [-0.1, -0.05) is 12.2 Å². The number of esters is 2. The average Bonchev–Trinajstić information content (AvgIpc) is 2.30. The van der Waals surface area contributed by atoms with E-state index in [-0.39, 0.29) is 0 Å². The predicted octanol–water partition coefficient (Wildman–Crippen LogP) is 1.76. The third kappa shape index (κ3) is 2.95. The van der Waals surface area contributed by atoms with Gasteiger partial charge in [0, 0.05) is 0 Å². The Kier molecular flexibility index (Phi) is 4.76. The molecule has 0 aromatic heterocycles. The van der Waals surface area contributed by atoms with Gasteiger partial charge in [0.05, 0.1) is 24.4 Å². The molecule has 0 aliphatic heterocycles. The smallest absolute Gasteiger partial charge is 0.338 e. The largest absolute Gasteiger partial charge is 0.463 e. The monoisotopic (exact) mass is 224 g/mol. The number of carbonyl (C=O) groups excluding carboxylic acids is 2. The fourth-order valence-electron chi connectivity index (χ4n) is 1.49. The molecule has 16 heavy (non-hydrogen) atoms. The molecule has 0 N–H and O–H groups in total. The maximum absolute atomic E-state index is 11.6. The molecule has 0 aromatic rings. The average molecular weight is 224 g/mol. The minimum absolute atomic E-state index is 0.298. The fourth-order valence-corrected chi connectivity index (χ4v) is 1.49. The molecule has 88 valence electrons. The Labute approximate surface area is 94.9 Å². The van der Waals surface area contributed by atoms with Crippen LogP contribution in [0.1, 0.15) is 26.7 Å². The topological polar surface area (TPSA) is 52.6 Å². The van der Waals surface area contributed by atoms with Crippen LogP contribution in [0.5, 0.6) is 0 Å². The first kappa shape index (κ1) is 12.5. The van der Waals surface area contributed by atoms with Crippen molar-refractivity contribution in [3.8, 4) is 0 Å². The van der Waals surface area contributed by atoms with Gasteiger partial charge in [-0.2, -0.15) is 0 Å². The van der Waals surface area contributed by atoms with Crippen molar-refractivity contribution in [2.45, 2.75) is 26.7 Å². The fraction of sp³-hybridized carbons (Fsp3) is 0.500. The molecule has 0 bridgehead atoms. The Morgan fingerprint density at radius 1 is 1.19 bits per heavy atom. The highest BCUT2D eigenvalue weighted by molar-refractivity contribution is 6.02. The van der Waals surface area contributed by atoms with Crippen molar-refractivity contribution in [2.75, 3.05) is 13.2 Å². The molecule has 4 nitrogen and oxygen atoms in total. The van der Waals surface area contributed by atoms with Crippen LogP contribution in [-0.4, -0.2) is 25.2 Å². The van der Waals surface area contributed by atoms with Crippen molar-refractivity contribution in [1.82, 2.24) is 0 Å². The highest BCUT2D eigenvalue weighted by Gasteiger charge is 2.22. The number of hydrogen-bond acceptors (Lipinski definition) is 4. The third-order valence-corrected chi connectivity index (χ3v) is 2.19. The van der Waals surface area contributed by atoms with Crippen LogP contribution < -0.4 is 0 Å². The van der Waals surface area contributed by atoms with Gasteiger partial charge in [-0.25, -0.2) is 9.59 Å². The zero-order valence-electron chi connectivity index (χ0n) is 9.62. The molecule has 0 atom stereocenters. The van der Waals surface area contributed by atoms with E-state index in [0.717, 1.165) is 6.42 Å². The number of carbonyl (C=O) groups is 2. The van der Waals surface area contributed by atoms with E-state index < -0.39 is 11.9 Å². The second kappa shape index (κ2) is 6.10. The highest BCUT2D eigenvalue weighted by atomic mass is 16.5. The summed E-state index contributed by atoms with van der Waals surface area (Å²) < 4.78 is 9.79. The van der Waals surface area contributed by atoms with Crippen molar-refractivity contribution in [3.05, 3.63) is 23.3 Å². The maximum Gasteiger partial charge on any atom is 0.338 e. The summed E-state index contributed by atoms with van der Waals surface area (Å²) in [6.45, 7) is 4.07. The van der Waals surface area contributed by atoms with E-state index in [4.69, 9.17) is 9.47 Å². The van der Waals surface area contributed by atoms with Crippen molar-refractivity contribution in [2.24, 2.45) is 0 Å². The lowest BCUT2D eigenvalue weighted by atomic mass is 9.98. The van der Waals surface area contributed by atoms with Crippen LogP contribution in [0.15, 0.2) is 23.3 Å². The summed E-state index contributed by atoms with van der Waals surface area (Å²) in [6.07, 6.45) is 4.77. The first-order chi connectivity index (χ1) is 7.70. The van der Waals surface area contributed by atoms with E-state index in [0.29, 0.717) is 30.8 Å². The standard InChI is InChI=1S/C12H16O4/c1-3-15-11(13)9-7-5-6-8-10(9)12(14)16-4-2/h5,7H,3-4,6,8H2,1-2H3. The predicted molar refractivity (Wildman–Crippen MR) is 58.7 cm³/mol. The van der Waals surface area contributed by atoms with Crippen LogP contribution in [0.25, 0.3) is 0 Å². The summed E-state index contributed by atoms with van der Waals surface area (Å²) in [5.74, 6) is -0.878. The Morgan fingerprint density at radius 2 is 1.81 bits per heavy atom. The highest BCUT2D eigenvalue weighted by Crippen LogP contribution is 2.21. The van der Waals surface area contributed by atoms with Crippen molar-refractivity contribution < 1.29 is 19.1 Å². The van der Waals surface area contributed by atoms with Gasteiger partial charge in [0.2, 0.25) is 0 Å². The van der Waals surface area contributed by atoms with Crippen LogP contribution in [0.4, 0.5) is 0 Å². The zero-order valence-corrected chi connectivity index (χ0v) is 9.62. The van der Waals surface area contributed by atoms with E-state index in [1.807, 2.05) is 6.08 Å². The molecule has 0 fully saturated rings. The van der Waals surface area contributed by atoms with Gasteiger partial charge in [0.1, 0.15) is 0 Å². The van der Waals surface area contributed by atoms with Gasteiger partial charge in [0.25, 0.3) is 0 Å². The Hall–Kier alpha value is -1.58. The number of hydrogen-bond donors (Lipinski definition) is 0. The molecule has 0 radical (unpaired) electrons. The first-order valence-electron chi connectivity index (χ1n) is 5.44. The van der Waals surface area contributed by atoms with Crippen LogP contribution >= 0.6 is 0 Å². The number of ether oxygens (including phenoxy) is 2. The van der Waals surface area contributed by atoms with Gasteiger partial charge in [-0.3, -0.25) is 0 Å². The molecule has 0 heterocycles. The van der Waals surface area contributed by atoms with E-state index >= 15 is 0 Å². The van der Waals surface area contributed by atoms with Crippen LogP contribution in [0, 0.1) is 0 Å². The van der Waals surface area contributed by atoms with Gasteiger partial charge >= 0.3 is 11.9 Å². The molecule has 0 amide bonds. The van der Waals surface area contributed by atoms with Crippen molar-refractivity contribution in [1.29, 1.82) is 0 Å². The summed E-state index contributed by atoms with van der Waals surface area (Å²) in [5.41, 5.74) is 0.745. The van der Waals surface area contributed by atoms with Crippen molar-refractivity contribution >= 4 is 11.9 Å². The van der Waals surface area contributed by atoms with E-state index in [1.54, 1.807) is 19.9 Å². The second-order valence-electron chi connectivity index (χ2n) is 3.27. The van der Waals surface area contributed by atoms with E-state index in [9.17, 15) is 9.59 Å². The summed E-state index contributed by atoms with van der Waals surface area (Å²) in [6, 6.07) is 0. The minimum Gasteiger partial charge on any atom is -0.463 e. The lowest BCUT2D eigenvalue weighted by Gasteiger charge is -2.13. The molecule has 1 aliphatic rings. The molecular weight excluding hydrogens is 208 g/mol. The van der Waals surface area contributed by atoms with Gasteiger partial charge in [-0.05, 0) is 26.7 Å². The summed E-state index contributed by atoms with van der Waals surface area (Å²) >= 11 is 0. The van der Waals surface area contributed by atoms with Crippen LogP contribution in [0.3, 0.4) is 0 Å². The molecule has 1 aliphatic carbocycles. The normalized spacial score (nSPS) is 14.9. The Balaban J connectivity index is 2.92. The minimum atomic E-state index is -0.457. The zero-order chi connectivity index (χ0) is 12.0. The van der Waals surface area contributed by atoms with Crippen LogP contribution in [0.2, 0.25) is 0 Å². The van der Waals surface area contributed by atoms with Gasteiger partial charge in [0.15, 0.2) is 0 Å². The molecule has 0 unspecified atom stereocenters. The molecule has 0 aromatic carbocycles. The Morgan fingerprint density at radius 3 is 2.44 bits per heavy atom. The molecular formula is C12H16O4.